The van der Waals surface area contributed by atoms with Crippen LogP contribution in [0.25, 0.3) is 0 Å². The lowest BCUT2D eigenvalue weighted by Gasteiger charge is -2.33. The van der Waals surface area contributed by atoms with Gasteiger partial charge in [0.05, 0.1) is 11.8 Å². The van der Waals surface area contributed by atoms with Crippen molar-refractivity contribution >= 4 is 15.7 Å². The molecule has 1 unspecified atom stereocenters. The monoisotopic (exact) mass is 248 g/mol. The number of amides is 1. The van der Waals surface area contributed by atoms with Crippen LogP contribution in [0.2, 0.25) is 0 Å². The molecular weight excluding hydrogens is 228 g/mol. The number of hydrogen-bond donors (Lipinski definition) is 2. The number of nitrogens with one attached hydrogen (secondary N) is 1. The lowest BCUT2D eigenvalue weighted by atomic mass is 9.82. The van der Waals surface area contributed by atoms with Crippen molar-refractivity contribution < 1.29 is 13.2 Å². The predicted octanol–water partition coefficient (Wildman–Crippen LogP) is -0.337. The Balaban J connectivity index is 2.25. The van der Waals surface area contributed by atoms with Gasteiger partial charge in [-0.2, -0.15) is 0 Å². The zero-order chi connectivity index (χ0) is 12.3. The van der Waals surface area contributed by atoms with Crippen molar-refractivity contribution in [3.63, 3.8) is 0 Å². The summed E-state index contributed by atoms with van der Waals surface area (Å²) in [4.78, 5) is 11.5. The van der Waals surface area contributed by atoms with E-state index >= 15 is 0 Å². The summed E-state index contributed by atoms with van der Waals surface area (Å²) in [6.45, 7) is 2.13. The van der Waals surface area contributed by atoms with E-state index in [-0.39, 0.29) is 24.1 Å². The maximum atomic E-state index is 11.5. The molecule has 0 aromatic carbocycles. The van der Waals surface area contributed by atoms with E-state index in [1.807, 2.05) is 0 Å². The Labute approximate surface area is 96.7 Å². The summed E-state index contributed by atoms with van der Waals surface area (Å²) in [5.41, 5.74) is 5.61. The lowest BCUT2D eigenvalue weighted by Crippen LogP contribution is -2.50. The van der Waals surface area contributed by atoms with Gasteiger partial charge in [-0.15, -0.1) is 0 Å². The van der Waals surface area contributed by atoms with Crippen LogP contribution in [0.4, 0.5) is 0 Å². The third kappa shape index (κ3) is 4.49. The van der Waals surface area contributed by atoms with Crippen molar-refractivity contribution in [2.45, 2.75) is 38.3 Å². The number of hydrogen-bond acceptors (Lipinski definition) is 4. The van der Waals surface area contributed by atoms with Gasteiger partial charge in [-0.1, -0.05) is 6.92 Å². The van der Waals surface area contributed by atoms with Gasteiger partial charge in [-0.05, 0) is 25.2 Å². The molecule has 0 aliphatic heterocycles. The molecule has 1 aliphatic rings. The molecule has 1 saturated carbocycles. The van der Waals surface area contributed by atoms with E-state index in [1.165, 1.54) is 0 Å². The van der Waals surface area contributed by atoms with Crippen LogP contribution < -0.4 is 11.1 Å². The molecule has 1 amide bonds. The van der Waals surface area contributed by atoms with E-state index in [2.05, 4.69) is 12.2 Å². The largest absolute Gasteiger partial charge is 0.352 e. The molecule has 1 rings (SSSR count). The van der Waals surface area contributed by atoms with Crippen LogP contribution in [0.1, 0.15) is 26.2 Å². The molecule has 16 heavy (non-hydrogen) atoms. The first-order valence-corrected chi connectivity index (χ1v) is 7.57. The first-order chi connectivity index (χ1) is 7.28. The van der Waals surface area contributed by atoms with E-state index in [4.69, 9.17) is 5.73 Å². The summed E-state index contributed by atoms with van der Waals surface area (Å²) < 4.78 is 21.8. The van der Waals surface area contributed by atoms with Crippen LogP contribution >= 0.6 is 0 Å². The second-order valence-corrected chi connectivity index (χ2v) is 7.07. The van der Waals surface area contributed by atoms with Crippen molar-refractivity contribution in [3.05, 3.63) is 0 Å². The average molecular weight is 248 g/mol. The minimum atomic E-state index is -3.04. The number of carbonyl (C=O) groups is 1. The quantitative estimate of drug-likeness (QED) is 0.697. The average Bonchev–Trinajstić information content (AvgIpc) is 2.10. The minimum absolute atomic E-state index is 0.0390. The second kappa shape index (κ2) is 5.14. The highest BCUT2D eigenvalue weighted by molar-refractivity contribution is 7.90. The van der Waals surface area contributed by atoms with Crippen molar-refractivity contribution in [2.75, 3.05) is 12.0 Å². The summed E-state index contributed by atoms with van der Waals surface area (Å²) in [5, 5.41) is 2.82. The van der Waals surface area contributed by atoms with E-state index in [0.29, 0.717) is 5.92 Å². The summed E-state index contributed by atoms with van der Waals surface area (Å²) >= 11 is 0. The van der Waals surface area contributed by atoms with Gasteiger partial charge in [0.15, 0.2) is 0 Å². The van der Waals surface area contributed by atoms with Crippen LogP contribution in [0, 0.1) is 5.92 Å². The standard InChI is InChI=1S/C10H20N2O3S/c1-7-5-8(6-7)12-10(13)9(11)3-4-16(2,14)15/h7-9H,3-6,11H2,1-2H3,(H,12,13). The third-order valence-electron chi connectivity index (χ3n) is 2.86. The van der Waals surface area contributed by atoms with Crippen molar-refractivity contribution in [3.8, 4) is 0 Å². The van der Waals surface area contributed by atoms with Crippen LogP contribution in [0.5, 0.6) is 0 Å². The fraction of sp³-hybridized carbons (Fsp3) is 0.900. The van der Waals surface area contributed by atoms with Gasteiger partial charge >= 0.3 is 0 Å². The fourth-order valence-corrected chi connectivity index (χ4v) is 2.48. The molecule has 3 N–H and O–H groups in total. The van der Waals surface area contributed by atoms with Gasteiger partial charge in [-0.3, -0.25) is 4.79 Å². The van der Waals surface area contributed by atoms with Crippen molar-refractivity contribution in [1.82, 2.24) is 5.32 Å². The zero-order valence-electron chi connectivity index (χ0n) is 9.77. The van der Waals surface area contributed by atoms with Gasteiger partial charge in [0.25, 0.3) is 0 Å². The maximum Gasteiger partial charge on any atom is 0.237 e. The van der Waals surface area contributed by atoms with E-state index in [0.717, 1.165) is 19.1 Å². The number of rotatable bonds is 5. The number of sulfone groups is 1. The number of carbonyl (C=O) groups excluding carboxylic acids is 1. The maximum absolute atomic E-state index is 11.5. The normalized spacial score (nSPS) is 26.9. The van der Waals surface area contributed by atoms with Crippen LogP contribution in [0.15, 0.2) is 0 Å². The summed E-state index contributed by atoms with van der Waals surface area (Å²) in [6.07, 6.45) is 3.31. The van der Waals surface area contributed by atoms with Gasteiger partial charge in [-0.25, -0.2) is 8.42 Å². The van der Waals surface area contributed by atoms with Crippen LogP contribution in [-0.4, -0.2) is 38.4 Å². The highest BCUT2D eigenvalue weighted by atomic mass is 32.2. The Morgan fingerprint density at radius 2 is 2.06 bits per heavy atom. The summed E-state index contributed by atoms with van der Waals surface area (Å²) in [6, 6.07) is -0.489. The van der Waals surface area contributed by atoms with Gasteiger partial charge < -0.3 is 11.1 Å². The highest BCUT2D eigenvalue weighted by Crippen LogP contribution is 2.26. The Kier molecular flexibility index (Phi) is 4.32. The molecule has 0 bridgehead atoms. The van der Waals surface area contributed by atoms with Crippen molar-refractivity contribution in [1.29, 1.82) is 0 Å². The predicted molar refractivity (Wildman–Crippen MR) is 62.6 cm³/mol. The molecule has 0 heterocycles. The molecule has 0 spiro atoms. The Morgan fingerprint density at radius 3 is 2.50 bits per heavy atom. The summed E-state index contributed by atoms with van der Waals surface area (Å²) in [7, 11) is -3.04. The SMILES string of the molecule is CC1CC(NC(=O)C(N)CCS(C)(=O)=O)C1. The first-order valence-electron chi connectivity index (χ1n) is 5.51. The van der Waals surface area contributed by atoms with Gasteiger partial charge in [0, 0.05) is 12.3 Å². The molecule has 0 aromatic heterocycles. The smallest absolute Gasteiger partial charge is 0.237 e. The molecule has 0 saturated heterocycles. The highest BCUT2D eigenvalue weighted by Gasteiger charge is 2.28. The molecular formula is C10H20N2O3S. The van der Waals surface area contributed by atoms with E-state index < -0.39 is 15.9 Å². The molecule has 1 atom stereocenters. The van der Waals surface area contributed by atoms with E-state index in [9.17, 15) is 13.2 Å². The minimum Gasteiger partial charge on any atom is -0.352 e. The zero-order valence-corrected chi connectivity index (χ0v) is 10.6. The number of nitrogens with two attached hydrogens (primary N) is 1. The molecule has 0 aromatic rings. The fourth-order valence-electron chi connectivity index (χ4n) is 1.80. The molecule has 6 heteroatoms. The van der Waals surface area contributed by atoms with Crippen molar-refractivity contribution in [2.24, 2.45) is 11.7 Å². The van der Waals surface area contributed by atoms with Gasteiger partial charge in [0.2, 0.25) is 5.91 Å². The second-order valence-electron chi connectivity index (χ2n) is 4.81. The molecule has 1 fully saturated rings. The van der Waals surface area contributed by atoms with E-state index in [1.54, 1.807) is 0 Å². The Hall–Kier alpha value is -0.620. The Morgan fingerprint density at radius 1 is 1.50 bits per heavy atom. The van der Waals surface area contributed by atoms with Gasteiger partial charge in [0.1, 0.15) is 9.84 Å². The topological polar surface area (TPSA) is 89.3 Å². The Bertz CT molecular complexity index is 347. The molecule has 94 valence electrons. The summed E-state index contributed by atoms with van der Waals surface area (Å²) in [5.74, 6) is 0.390. The first kappa shape index (κ1) is 13.4. The molecule has 0 radical (unpaired) electrons. The molecule has 5 nitrogen and oxygen atoms in total. The third-order valence-corrected chi connectivity index (χ3v) is 3.83. The lowest BCUT2D eigenvalue weighted by molar-refractivity contribution is -0.123. The molecule has 1 aliphatic carbocycles. The van der Waals surface area contributed by atoms with Crippen LogP contribution in [-0.2, 0) is 14.6 Å². The van der Waals surface area contributed by atoms with Crippen LogP contribution in [0.3, 0.4) is 0 Å².